The Morgan fingerprint density at radius 2 is 0.750 bits per heavy atom. The largest absolute Gasteiger partial charge is 2.00 e. The minimum absolute atomic E-state index is 0. The molecule has 0 aliphatic heterocycles. The van der Waals surface area contributed by atoms with Crippen molar-refractivity contribution in [2.24, 2.45) is 0 Å². The van der Waals surface area contributed by atoms with Gasteiger partial charge in [0.05, 0.1) is 0 Å². The smallest absolute Gasteiger partial charge is 1.00 e. The molecule has 0 fully saturated rings. The van der Waals surface area contributed by atoms with Crippen LogP contribution in [0.3, 0.4) is 0 Å². The molecule has 29 valence electrons. The number of halogens is 1. The molecule has 0 aliphatic rings. The second-order valence-corrected chi connectivity index (χ2v) is 0. The van der Waals surface area contributed by atoms with Gasteiger partial charge in [0.1, 0.15) is 0 Å². The molecule has 0 unspecified atom stereocenters. The molecule has 0 saturated carbocycles. The summed E-state index contributed by atoms with van der Waals surface area (Å²) >= 11 is 0. The molecular formula is H4ClMnO2+. The van der Waals surface area contributed by atoms with Crippen molar-refractivity contribution in [2.75, 3.05) is 0 Å². The van der Waals surface area contributed by atoms with Crippen LogP contribution in [-0.4, -0.2) is 11.0 Å². The number of rotatable bonds is 0. The SMILES string of the molecule is O.O.[Cl-].[Mn+2]. The molecule has 1 radical (unpaired) electrons. The molecule has 4 N–H and O–H groups in total. The average Bonchev–Trinajstić information content (AvgIpc) is 0. The summed E-state index contributed by atoms with van der Waals surface area (Å²) in [4.78, 5) is 0. The van der Waals surface area contributed by atoms with Crippen LogP contribution in [0.25, 0.3) is 0 Å². The van der Waals surface area contributed by atoms with E-state index in [0.717, 1.165) is 0 Å². The van der Waals surface area contributed by atoms with Crippen LogP contribution in [-0.2, 0) is 17.1 Å². The van der Waals surface area contributed by atoms with E-state index >= 15 is 0 Å². The first-order valence-electron chi connectivity index (χ1n) is 0. The van der Waals surface area contributed by atoms with Crippen LogP contribution in [0.1, 0.15) is 0 Å². The summed E-state index contributed by atoms with van der Waals surface area (Å²) in [5.74, 6) is 0. The summed E-state index contributed by atoms with van der Waals surface area (Å²) in [5.41, 5.74) is 0. The maximum absolute atomic E-state index is 0. The van der Waals surface area contributed by atoms with E-state index in [-0.39, 0.29) is 40.4 Å². The van der Waals surface area contributed by atoms with Crippen molar-refractivity contribution in [2.45, 2.75) is 0 Å². The molecule has 0 aromatic heterocycles. The van der Waals surface area contributed by atoms with Gasteiger partial charge in [-0.3, -0.25) is 0 Å². The molecule has 0 rings (SSSR count). The molecule has 0 aromatic rings. The second kappa shape index (κ2) is 52.2. The van der Waals surface area contributed by atoms with Crippen molar-refractivity contribution in [3.63, 3.8) is 0 Å². The number of hydrogen-bond acceptors (Lipinski definition) is 0. The molecular weight excluding hydrogens is 122 g/mol. The Morgan fingerprint density at radius 3 is 0.750 bits per heavy atom. The maximum Gasteiger partial charge on any atom is 2.00 e. The van der Waals surface area contributed by atoms with Crippen LogP contribution in [0.4, 0.5) is 0 Å². The molecule has 4 heavy (non-hydrogen) atoms. The van der Waals surface area contributed by atoms with Gasteiger partial charge in [-0.2, -0.15) is 0 Å². The standard InChI is InChI=1S/ClH.Mn.2H2O/h1H;;2*1H2/q;+2;;/p-1. The van der Waals surface area contributed by atoms with Gasteiger partial charge in [-0.25, -0.2) is 0 Å². The summed E-state index contributed by atoms with van der Waals surface area (Å²) in [7, 11) is 0. The first-order chi connectivity index (χ1) is 0. The van der Waals surface area contributed by atoms with Gasteiger partial charge in [0.2, 0.25) is 0 Å². The van der Waals surface area contributed by atoms with Crippen LogP contribution < -0.4 is 12.4 Å². The van der Waals surface area contributed by atoms with E-state index in [1.165, 1.54) is 0 Å². The van der Waals surface area contributed by atoms with E-state index in [1.54, 1.807) is 0 Å². The molecule has 2 nitrogen and oxygen atoms in total. The Labute approximate surface area is 41.1 Å². The monoisotopic (exact) mass is 126 g/mol. The van der Waals surface area contributed by atoms with Gasteiger partial charge in [0, 0.05) is 0 Å². The van der Waals surface area contributed by atoms with Gasteiger partial charge >= 0.3 is 17.1 Å². The topological polar surface area (TPSA) is 63.0 Å². The fourth-order valence-electron chi connectivity index (χ4n) is 0. The minimum Gasteiger partial charge on any atom is -1.00 e. The van der Waals surface area contributed by atoms with E-state index in [0.29, 0.717) is 0 Å². The second-order valence-electron chi connectivity index (χ2n) is 0. The van der Waals surface area contributed by atoms with Gasteiger partial charge in [0.15, 0.2) is 0 Å². The van der Waals surface area contributed by atoms with Crippen molar-refractivity contribution >= 4 is 0 Å². The Hall–Kier alpha value is 0.729. The third-order valence-electron chi connectivity index (χ3n) is 0. The van der Waals surface area contributed by atoms with Crippen LogP contribution in [0.15, 0.2) is 0 Å². The predicted octanol–water partition coefficient (Wildman–Crippen LogP) is -4.65. The van der Waals surface area contributed by atoms with E-state index < -0.39 is 0 Å². The van der Waals surface area contributed by atoms with Crippen molar-refractivity contribution in [3.05, 3.63) is 0 Å². The summed E-state index contributed by atoms with van der Waals surface area (Å²) in [5, 5.41) is 0. The summed E-state index contributed by atoms with van der Waals surface area (Å²) in [6, 6.07) is 0. The fraction of sp³-hybridized carbons (Fsp3) is 0. The molecule has 0 amide bonds. The first-order valence-corrected chi connectivity index (χ1v) is 0. The molecule has 0 bridgehead atoms. The Balaban J connectivity index is 0. The van der Waals surface area contributed by atoms with E-state index in [9.17, 15) is 0 Å². The van der Waals surface area contributed by atoms with Crippen LogP contribution in [0.5, 0.6) is 0 Å². The van der Waals surface area contributed by atoms with E-state index in [2.05, 4.69) is 0 Å². The van der Waals surface area contributed by atoms with Crippen molar-refractivity contribution in [3.8, 4) is 0 Å². The van der Waals surface area contributed by atoms with Gasteiger partial charge < -0.3 is 23.4 Å². The number of hydrogen-bond donors (Lipinski definition) is 0. The Bertz CT molecular complexity index is 6.00. The van der Waals surface area contributed by atoms with Crippen molar-refractivity contribution in [1.82, 2.24) is 0 Å². The van der Waals surface area contributed by atoms with Gasteiger partial charge in [0.25, 0.3) is 0 Å². The Morgan fingerprint density at radius 1 is 0.750 bits per heavy atom. The zero-order valence-electron chi connectivity index (χ0n) is 1.76. The van der Waals surface area contributed by atoms with Crippen molar-refractivity contribution < 1.29 is 40.4 Å². The summed E-state index contributed by atoms with van der Waals surface area (Å²) < 4.78 is 0. The summed E-state index contributed by atoms with van der Waals surface area (Å²) in [6.45, 7) is 0. The van der Waals surface area contributed by atoms with E-state index in [4.69, 9.17) is 0 Å². The minimum atomic E-state index is 0. The maximum atomic E-state index is 0. The van der Waals surface area contributed by atoms with E-state index in [1.807, 2.05) is 0 Å². The fourth-order valence-corrected chi connectivity index (χ4v) is 0. The zero-order chi connectivity index (χ0) is 0. The molecule has 0 saturated heterocycles. The zero-order valence-corrected chi connectivity index (χ0v) is 3.69. The molecule has 0 aromatic carbocycles. The third-order valence-corrected chi connectivity index (χ3v) is 0. The van der Waals surface area contributed by atoms with Gasteiger partial charge in [-0.05, 0) is 0 Å². The Kier molecular flexibility index (Phi) is 1610. The van der Waals surface area contributed by atoms with Crippen molar-refractivity contribution in [1.29, 1.82) is 0 Å². The van der Waals surface area contributed by atoms with Gasteiger partial charge in [-0.15, -0.1) is 0 Å². The molecule has 4 heteroatoms. The van der Waals surface area contributed by atoms with Crippen LogP contribution >= 0.6 is 0 Å². The predicted molar refractivity (Wildman–Crippen MR) is 7.23 cm³/mol. The summed E-state index contributed by atoms with van der Waals surface area (Å²) in [6.07, 6.45) is 0. The van der Waals surface area contributed by atoms with Crippen LogP contribution in [0.2, 0.25) is 0 Å². The molecule has 0 atom stereocenters. The molecule has 0 heterocycles. The first kappa shape index (κ1) is 124. The van der Waals surface area contributed by atoms with Crippen LogP contribution in [0, 0.1) is 0 Å². The quantitative estimate of drug-likeness (QED) is 0.293. The third kappa shape index (κ3) is 15.3. The van der Waals surface area contributed by atoms with Gasteiger partial charge in [-0.1, -0.05) is 0 Å². The molecule has 0 aliphatic carbocycles. The average molecular weight is 126 g/mol. The normalized spacial score (nSPS) is 0. The molecule has 0 spiro atoms.